The summed E-state index contributed by atoms with van der Waals surface area (Å²) in [6.45, 7) is 1.73. The highest BCUT2D eigenvalue weighted by Gasteiger charge is 2.12. The number of esters is 1. The number of rotatable bonds is 1. The van der Waals surface area contributed by atoms with Crippen LogP contribution in [0, 0.1) is 18.3 Å². The zero-order valence-electron chi connectivity index (χ0n) is 7.80. The van der Waals surface area contributed by atoms with Gasteiger partial charge >= 0.3 is 5.97 Å². The van der Waals surface area contributed by atoms with Crippen LogP contribution in [0.15, 0.2) is 12.1 Å². The molecule has 0 unspecified atom stereocenters. The molecule has 0 bridgehead atoms. The fraction of sp³-hybridized carbons (Fsp3) is 0.200. The lowest BCUT2D eigenvalue weighted by Gasteiger charge is -2.04. The van der Waals surface area contributed by atoms with Crippen molar-refractivity contribution in [1.29, 1.82) is 5.26 Å². The molecule has 0 atom stereocenters. The van der Waals surface area contributed by atoms with Crippen molar-refractivity contribution >= 4 is 17.6 Å². The molecule has 14 heavy (non-hydrogen) atoms. The Morgan fingerprint density at radius 2 is 2.21 bits per heavy atom. The van der Waals surface area contributed by atoms with Gasteiger partial charge in [0.05, 0.1) is 23.3 Å². The van der Waals surface area contributed by atoms with Crippen LogP contribution in [-0.4, -0.2) is 13.1 Å². The number of nitrogens with zero attached hydrogens (tertiary/aromatic N) is 1. The quantitative estimate of drug-likeness (QED) is 0.667. The van der Waals surface area contributed by atoms with Gasteiger partial charge in [0.15, 0.2) is 0 Å². The SMILES string of the molecule is COC(=O)c1cc(Cl)c(C#N)cc1C. The van der Waals surface area contributed by atoms with E-state index in [0.29, 0.717) is 16.7 Å². The molecule has 1 rings (SSSR count). The summed E-state index contributed by atoms with van der Waals surface area (Å²) in [5.74, 6) is -0.450. The van der Waals surface area contributed by atoms with E-state index in [4.69, 9.17) is 16.9 Å². The summed E-state index contributed by atoms with van der Waals surface area (Å²) in [5, 5.41) is 8.94. The Kier molecular flexibility index (Phi) is 3.10. The van der Waals surface area contributed by atoms with Crippen molar-refractivity contribution in [1.82, 2.24) is 0 Å². The number of methoxy groups -OCH3 is 1. The molecule has 0 radical (unpaired) electrons. The van der Waals surface area contributed by atoms with Gasteiger partial charge in [-0.3, -0.25) is 0 Å². The summed E-state index contributed by atoms with van der Waals surface area (Å²) < 4.78 is 4.57. The van der Waals surface area contributed by atoms with Crippen molar-refractivity contribution in [2.75, 3.05) is 7.11 Å². The molecule has 0 aliphatic rings. The molecule has 0 aliphatic heterocycles. The Morgan fingerprint density at radius 3 is 2.71 bits per heavy atom. The van der Waals surface area contributed by atoms with E-state index in [0.717, 1.165) is 0 Å². The van der Waals surface area contributed by atoms with Crippen molar-refractivity contribution in [3.8, 4) is 6.07 Å². The first-order valence-corrected chi connectivity index (χ1v) is 4.26. The number of halogens is 1. The minimum atomic E-state index is -0.450. The first-order chi connectivity index (χ1) is 6.60. The molecule has 0 fully saturated rings. The van der Waals surface area contributed by atoms with E-state index in [9.17, 15) is 4.79 Å². The van der Waals surface area contributed by atoms with Crippen molar-refractivity contribution in [3.05, 3.63) is 33.8 Å². The number of hydrogen-bond acceptors (Lipinski definition) is 3. The van der Waals surface area contributed by atoms with E-state index in [1.165, 1.54) is 13.2 Å². The van der Waals surface area contributed by atoms with Gasteiger partial charge in [0.2, 0.25) is 0 Å². The Balaban J connectivity index is 3.30. The van der Waals surface area contributed by atoms with Gasteiger partial charge in [0.25, 0.3) is 0 Å². The van der Waals surface area contributed by atoms with Gasteiger partial charge in [0.1, 0.15) is 6.07 Å². The van der Waals surface area contributed by atoms with E-state index in [1.54, 1.807) is 13.0 Å². The van der Waals surface area contributed by atoms with Crippen LogP contribution in [0.5, 0.6) is 0 Å². The second-order valence-corrected chi connectivity index (χ2v) is 3.16. The average Bonchev–Trinajstić information content (AvgIpc) is 2.19. The normalized spacial score (nSPS) is 9.29. The predicted molar refractivity (Wildman–Crippen MR) is 52.2 cm³/mol. The molecule has 72 valence electrons. The lowest BCUT2D eigenvalue weighted by atomic mass is 10.1. The largest absolute Gasteiger partial charge is 0.465 e. The van der Waals surface area contributed by atoms with Gasteiger partial charge in [-0.1, -0.05) is 11.6 Å². The fourth-order valence-electron chi connectivity index (χ4n) is 1.10. The highest BCUT2D eigenvalue weighted by atomic mass is 35.5. The zero-order valence-corrected chi connectivity index (χ0v) is 8.55. The maximum absolute atomic E-state index is 11.2. The second-order valence-electron chi connectivity index (χ2n) is 2.75. The zero-order chi connectivity index (χ0) is 10.7. The maximum Gasteiger partial charge on any atom is 0.338 e. The van der Waals surface area contributed by atoms with Crippen LogP contribution < -0.4 is 0 Å². The van der Waals surface area contributed by atoms with E-state index >= 15 is 0 Å². The second kappa shape index (κ2) is 4.12. The third-order valence-corrected chi connectivity index (χ3v) is 2.15. The van der Waals surface area contributed by atoms with Gasteiger partial charge in [-0.2, -0.15) is 5.26 Å². The molecule has 0 saturated heterocycles. The highest BCUT2D eigenvalue weighted by Crippen LogP contribution is 2.21. The number of aryl methyl sites for hydroxylation is 1. The number of nitriles is 1. The molecule has 0 N–H and O–H groups in total. The van der Waals surface area contributed by atoms with Gasteiger partial charge in [-0.25, -0.2) is 4.79 Å². The molecule has 1 aromatic rings. The van der Waals surface area contributed by atoms with E-state index in [1.807, 2.05) is 6.07 Å². The van der Waals surface area contributed by atoms with Crippen molar-refractivity contribution in [2.45, 2.75) is 6.92 Å². The third-order valence-electron chi connectivity index (χ3n) is 1.84. The van der Waals surface area contributed by atoms with E-state index in [-0.39, 0.29) is 5.02 Å². The smallest absolute Gasteiger partial charge is 0.338 e. The minimum absolute atomic E-state index is 0.263. The van der Waals surface area contributed by atoms with Crippen LogP contribution in [-0.2, 0) is 4.74 Å². The summed E-state index contributed by atoms with van der Waals surface area (Å²) in [5.41, 5.74) is 1.42. The number of hydrogen-bond donors (Lipinski definition) is 0. The van der Waals surface area contributed by atoms with Crippen LogP contribution in [0.3, 0.4) is 0 Å². The van der Waals surface area contributed by atoms with Crippen LogP contribution in [0.1, 0.15) is 21.5 Å². The summed E-state index contributed by atoms with van der Waals surface area (Å²) in [6.07, 6.45) is 0. The summed E-state index contributed by atoms with van der Waals surface area (Å²) in [4.78, 5) is 11.2. The number of carbonyl (C=O) groups excluding carboxylic acids is 1. The maximum atomic E-state index is 11.2. The molecule has 3 nitrogen and oxygen atoms in total. The third kappa shape index (κ3) is 1.86. The first-order valence-electron chi connectivity index (χ1n) is 3.88. The van der Waals surface area contributed by atoms with Gasteiger partial charge in [0, 0.05) is 0 Å². The van der Waals surface area contributed by atoms with Crippen molar-refractivity contribution in [3.63, 3.8) is 0 Å². The lowest BCUT2D eigenvalue weighted by Crippen LogP contribution is -2.04. The summed E-state index contributed by atoms with van der Waals surface area (Å²) in [7, 11) is 1.30. The van der Waals surface area contributed by atoms with E-state index in [2.05, 4.69) is 4.74 Å². The molecule has 0 aliphatic carbocycles. The summed E-state index contributed by atoms with van der Waals surface area (Å²) in [6, 6.07) is 4.95. The van der Waals surface area contributed by atoms with Gasteiger partial charge in [-0.15, -0.1) is 0 Å². The topological polar surface area (TPSA) is 50.1 Å². The molecule has 4 heteroatoms. The Morgan fingerprint density at radius 1 is 1.57 bits per heavy atom. The first kappa shape index (κ1) is 10.6. The minimum Gasteiger partial charge on any atom is -0.465 e. The number of ether oxygens (including phenoxy) is 1. The molecular weight excluding hydrogens is 202 g/mol. The van der Waals surface area contributed by atoms with Crippen LogP contribution in [0.4, 0.5) is 0 Å². The molecule has 0 amide bonds. The van der Waals surface area contributed by atoms with Crippen LogP contribution in [0.2, 0.25) is 5.02 Å². The predicted octanol–water partition coefficient (Wildman–Crippen LogP) is 2.31. The highest BCUT2D eigenvalue weighted by molar-refractivity contribution is 6.32. The molecule has 0 saturated carbocycles. The molecule has 0 heterocycles. The monoisotopic (exact) mass is 209 g/mol. The van der Waals surface area contributed by atoms with Crippen molar-refractivity contribution in [2.24, 2.45) is 0 Å². The standard InChI is InChI=1S/C10H8ClNO2/c1-6-3-7(5-12)9(11)4-8(6)10(13)14-2/h3-4H,1-2H3. The Bertz CT molecular complexity index is 421. The van der Waals surface area contributed by atoms with Crippen LogP contribution >= 0.6 is 11.6 Å². The molecular formula is C10H8ClNO2. The van der Waals surface area contributed by atoms with Gasteiger partial charge < -0.3 is 4.74 Å². The Labute approximate surface area is 86.9 Å². The van der Waals surface area contributed by atoms with Crippen LogP contribution in [0.25, 0.3) is 0 Å². The molecule has 0 aromatic heterocycles. The fourth-order valence-corrected chi connectivity index (χ4v) is 1.30. The lowest BCUT2D eigenvalue weighted by molar-refractivity contribution is 0.0600. The average molecular weight is 210 g/mol. The van der Waals surface area contributed by atoms with E-state index < -0.39 is 5.97 Å². The summed E-state index contributed by atoms with van der Waals surface area (Å²) >= 11 is 5.77. The number of carbonyl (C=O) groups is 1. The number of benzene rings is 1. The molecule has 1 aromatic carbocycles. The van der Waals surface area contributed by atoms with Gasteiger partial charge in [-0.05, 0) is 24.6 Å². The van der Waals surface area contributed by atoms with Crippen molar-refractivity contribution < 1.29 is 9.53 Å². The molecule has 0 spiro atoms. The Hall–Kier alpha value is -1.53.